The monoisotopic (exact) mass is 309 g/mol. The second kappa shape index (κ2) is 5.27. The number of rotatable bonds is 2. The van der Waals surface area contributed by atoms with E-state index in [-0.39, 0.29) is 12.5 Å². The van der Waals surface area contributed by atoms with Crippen LogP contribution in [0.3, 0.4) is 0 Å². The van der Waals surface area contributed by atoms with E-state index in [9.17, 15) is 9.90 Å². The molecule has 2 atom stereocenters. The maximum Gasteiger partial charge on any atom is 0.231 e. The van der Waals surface area contributed by atoms with Gasteiger partial charge in [-0.3, -0.25) is 4.79 Å². The van der Waals surface area contributed by atoms with Crippen LogP contribution in [0.5, 0.6) is 0 Å². The zero-order valence-electron chi connectivity index (χ0n) is 12.1. The minimum Gasteiger partial charge on any atom is -0.396 e. The lowest BCUT2D eigenvalue weighted by atomic mass is 9.67. The molecule has 1 fully saturated rings. The first-order valence-electron chi connectivity index (χ1n) is 7.34. The van der Waals surface area contributed by atoms with Crippen LogP contribution in [0.2, 0.25) is 5.02 Å². The number of nitrogens with one attached hydrogen (secondary N) is 1. The number of amides is 1. The zero-order chi connectivity index (χ0) is 15.1. The van der Waals surface area contributed by atoms with Crippen LogP contribution in [-0.2, 0) is 20.5 Å². The zero-order valence-corrected chi connectivity index (χ0v) is 12.9. The van der Waals surface area contributed by atoms with Crippen molar-refractivity contribution in [2.45, 2.75) is 37.1 Å². The molecular formula is C16H20ClNO3. The van der Waals surface area contributed by atoms with Crippen molar-refractivity contribution in [3.63, 3.8) is 0 Å². The highest BCUT2D eigenvalue weighted by Crippen LogP contribution is 2.44. The number of hydrogen-bond donors (Lipinski definition) is 2. The maximum absolute atomic E-state index is 12.7. The molecular weight excluding hydrogens is 290 g/mol. The molecule has 0 aliphatic carbocycles. The summed E-state index contributed by atoms with van der Waals surface area (Å²) >= 11 is 6.15. The maximum atomic E-state index is 12.7. The Morgan fingerprint density at radius 3 is 2.90 bits per heavy atom. The molecule has 2 N–H and O–H groups in total. The number of ether oxygens (including phenoxy) is 1. The van der Waals surface area contributed by atoms with Gasteiger partial charge in [0.1, 0.15) is 0 Å². The van der Waals surface area contributed by atoms with Crippen molar-refractivity contribution in [3.8, 4) is 0 Å². The van der Waals surface area contributed by atoms with E-state index in [0.29, 0.717) is 18.1 Å². The molecule has 1 amide bonds. The highest BCUT2D eigenvalue weighted by atomic mass is 35.5. The summed E-state index contributed by atoms with van der Waals surface area (Å²) in [6.45, 7) is 3.04. The smallest absolute Gasteiger partial charge is 0.231 e. The molecule has 1 saturated heterocycles. The van der Waals surface area contributed by atoms with Crippen molar-refractivity contribution < 1.29 is 14.6 Å². The first kappa shape index (κ1) is 14.8. The predicted molar refractivity (Wildman–Crippen MR) is 80.4 cm³/mol. The number of hydrogen-bond acceptors (Lipinski definition) is 3. The van der Waals surface area contributed by atoms with Gasteiger partial charge in [0.2, 0.25) is 5.91 Å². The molecule has 2 unspecified atom stereocenters. The van der Waals surface area contributed by atoms with Crippen LogP contribution in [0, 0.1) is 0 Å². The normalized spacial score (nSPS) is 31.9. The second-order valence-corrected chi connectivity index (χ2v) is 6.62. The molecule has 114 valence electrons. The molecule has 1 aromatic rings. The predicted octanol–water partition coefficient (Wildman–Crippen LogP) is 2.12. The van der Waals surface area contributed by atoms with Crippen LogP contribution in [0.1, 0.15) is 37.3 Å². The SMILES string of the molecule is CC1(CCO)C(=O)NC2(CCCOC2)c2ccc(Cl)cc21. The first-order valence-corrected chi connectivity index (χ1v) is 7.71. The van der Waals surface area contributed by atoms with E-state index in [1.165, 1.54) is 0 Å². The largest absolute Gasteiger partial charge is 0.396 e. The molecule has 4 nitrogen and oxygen atoms in total. The van der Waals surface area contributed by atoms with Crippen LogP contribution in [0.4, 0.5) is 0 Å². The molecule has 0 aromatic heterocycles. The van der Waals surface area contributed by atoms with E-state index in [2.05, 4.69) is 5.32 Å². The van der Waals surface area contributed by atoms with Gasteiger partial charge in [-0.2, -0.15) is 0 Å². The molecule has 1 aromatic carbocycles. The molecule has 2 aliphatic heterocycles. The van der Waals surface area contributed by atoms with E-state index in [1.54, 1.807) is 0 Å². The molecule has 3 rings (SSSR count). The Hall–Kier alpha value is -1.10. The summed E-state index contributed by atoms with van der Waals surface area (Å²) in [6.07, 6.45) is 2.16. The number of benzene rings is 1. The Balaban J connectivity index is 2.17. The van der Waals surface area contributed by atoms with Crippen LogP contribution in [0.25, 0.3) is 0 Å². The van der Waals surface area contributed by atoms with Gasteiger partial charge in [-0.15, -0.1) is 0 Å². The van der Waals surface area contributed by atoms with Gasteiger partial charge in [0.25, 0.3) is 0 Å². The highest BCUT2D eigenvalue weighted by Gasteiger charge is 2.50. The number of aliphatic hydroxyl groups is 1. The molecule has 1 spiro atoms. The Bertz CT molecular complexity index is 569. The van der Waals surface area contributed by atoms with Gasteiger partial charge in [0.05, 0.1) is 17.6 Å². The standard InChI is InChI=1S/C16H20ClNO3/c1-15(6-7-19)13-9-11(17)3-4-12(13)16(18-14(15)20)5-2-8-21-10-16/h3-4,9,19H,2,5-8,10H2,1H3,(H,18,20). The molecule has 21 heavy (non-hydrogen) atoms. The Morgan fingerprint density at radius 1 is 1.43 bits per heavy atom. The molecule has 2 heterocycles. The number of halogens is 1. The fourth-order valence-corrected chi connectivity index (χ4v) is 3.68. The van der Waals surface area contributed by atoms with Crippen molar-refractivity contribution in [1.82, 2.24) is 5.32 Å². The first-order chi connectivity index (χ1) is 10.0. The summed E-state index contributed by atoms with van der Waals surface area (Å²) in [5, 5.41) is 13.1. The molecule has 5 heteroatoms. The number of fused-ring (bicyclic) bond motifs is 2. The van der Waals surface area contributed by atoms with Crippen molar-refractivity contribution in [2.24, 2.45) is 0 Å². The van der Waals surface area contributed by atoms with Gasteiger partial charge in [0.15, 0.2) is 0 Å². The molecule has 0 saturated carbocycles. The van der Waals surface area contributed by atoms with E-state index in [0.717, 1.165) is 30.6 Å². The van der Waals surface area contributed by atoms with E-state index in [1.807, 2.05) is 25.1 Å². The Kier molecular flexibility index (Phi) is 3.72. The quantitative estimate of drug-likeness (QED) is 0.880. The van der Waals surface area contributed by atoms with E-state index < -0.39 is 11.0 Å². The van der Waals surface area contributed by atoms with Crippen molar-refractivity contribution >= 4 is 17.5 Å². The molecule has 0 radical (unpaired) electrons. The Labute approximate surface area is 129 Å². The van der Waals surface area contributed by atoms with Crippen LogP contribution >= 0.6 is 11.6 Å². The minimum absolute atomic E-state index is 0.0423. The third kappa shape index (κ3) is 2.26. The number of aliphatic hydroxyl groups excluding tert-OH is 1. The lowest BCUT2D eigenvalue weighted by Crippen LogP contribution is -2.61. The van der Waals surface area contributed by atoms with Crippen molar-refractivity contribution in [3.05, 3.63) is 34.3 Å². The fourth-order valence-electron chi connectivity index (χ4n) is 3.51. The van der Waals surface area contributed by atoms with E-state index in [4.69, 9.17) is 16.3 Å². The Morgan fingerprint density at radius 2 is 2.24 bits per heavy atom. The summed E-state index contributed by atoms with van der Waals surface area (Å²) in [5.41, 5.74) is 0.780. The lowest BCUT2D eigenvalue weighted by molar-refractivity contribution is -0.133. The number of carbonyl (C=O) groups is 1. The third-order valence-corrected chi connectivity index (χ3v) is 5.03. The summed E-state index contributed by atoms with van der Waals surface area (Å²) < 4.78 is 5.63. The fraction of sp³-hybridized carbons (Fsp3) is 0.562. The van der Waals surface area contributed by atoms with Crippen molar-refractivity contribution in [1.29, 1.82) is 0 Å². The van der Waals surface area contributed by atoms with Crippen LogP contribution in [-0.4, -0.2) is 30.8 Å². The average molecular weight is 310 g/mol. The average Bonchev–Trinajstić information content (AvgIpc) is 2.47. The minimum atomic E-state index is -0.752. The van der Waals surface area contributed by atoms with Gasteiger partial charge in [-0.1, -0.05) is 17.7 Å². The van der Waals surface area contributed by atoms with Gasteiger partial charge in [-0.05, 0) is 49.4 Å². The third-order valence-electron chi connectivity index (χ3n) is 4.80. The number of carbonyl (C=O) groups excluding carboxylic acids is 1. The van der Waals surface area contributed by atoms with Crippen LogP contribution < -0.4 is 5.32 Å². The molecule has 0 bridgehead atoms. The summed E-state index contributed by atoms with van der Waals surface area (Å²) in [4.78, 5) is 12.7. The summed E-state index contributed by atoms with van der Waals surface area (Å²) in [6, 6.07) is 5.71. The second-order valence-electron chi connectivity index (χ2n) is 6.19. The topological polar surface area (TPSA) is 58.6 Å². The van der Waals surface area contributed by atoms with Crippen molar-refractivity contribution in [2.75, 3.05) is 19.8 Å². The molecule has 2 aliphatic rings. The van der Waals surface area contributed by atoms with Gasteiger partial charge in [0, 0.05) is 18.2 Å². The van der Waals surface area contributed by atoms with Gasteiger partial charge >= 0.3 is 0 Å². The van der Waals surface area contributed by atoms with E-state index >= 15 is 0 Å². The van der Waals surface area contributed by atoms with Gasteiger partial charge < -0.3 is 15.2 Å². The summed E-state index contributed by atoms with van der Waals surface area (Å²) in [5.74, 6) is -0.0585. The highest BCUT2D eigenvalue weighted by molar-refractivity contribution is 6.30. The van der Waals surface area contributed by atoms with Gasteiger partial charge in [-0.25, -0.2) is 0 Å². The summed E-state index contributed by atoms with van der Waals surface area (Å²) in [7, 11) is 0. The van der Waals surface area contributed by atoms with Crippen LogP contribution in [0.15, 0.2) is 18.2 Å². The lowest BCUT2D eigenvalue weighted by Gasteiger charge is -2.48.